The molecule has 3 nitrogen and oxygen atoms in total. The molecule has 14 heavy (non-hydrogen) atoms. The summed E-state index contributed by atoms with van der Waals surface area (Å²) in [7, 11) is 0. The Bertz CT molecular complexity index is 161. The van der Waals surface area contributed by atoms with Gasteiger partial charge in [-0.05, 0) is 33.1 Å². The van der Waals surface area contributed by atoms with E-state index in [0.29, 0.717) is 0 Å². The Kier molecular flexibility index (Phi) is 6.79. The normalized spacial score (nSPS) is 17.4. The summed E-state index contributed by atoms with van der Waals surface area (Å²) in [6.07, 6.45) is 4.78. The second kappa shape index (κ2) is 6.98. The summed E-state index contributed by atoms with van der Waals surface area (Å²) < 4.78 is 5.75. The molecular formula is C11H24N2O. The van der Waals surface area contributed by atoms with E-state index in [0.717, 1.165) is 25.9 Å². The van der Waals surface area contributed by atoms with Gasteiger partial charge in [-0.1, -0.05) is 13.0 Å². The first kappa shape index (κ1) is 13.6. The molecule has 0 aliphatic rings. The van der Waals surface area contributed by atoms with Gasteiger partial charge in [0.1, 0.15) is 0 Å². The van der Waals surface area contributed by atoms with Gasteiger partial charge in [0.2, 0.25) is 0 Å². The number of nitrogens with two attached hydrogens (primary N) is 1. The molecule has 3 heteroatoms. The zero-order valence-corrected chi connectivity index (χ0v) is 9.68. The van der Waals surface area contributed by atoms with Gasteiger partial charge >= 0.3 is 0 Å². The van der Waals surface area contributed by atoms with E-state index in [9.17, 15) is 0 Å². The van der Waals surface area contributed by atoms with Crippen LogP contribution < -0.4 is 11.3 Å². The number of hydrazine groups is 1. The van der Waals surface area contributed by atoms with Crippen LogP contribution >= 0.6 is 0 Å². The van der Waals surface area contributed by atoms with Gasteiger partial charge in [0.15, 0.2) is 0 Å². The molecule has 0 bridgehead atoms. The highest BCUT2D eigenvalue weighted by Crippen LogP contribution is 2.22. The zero-order chi connectivity index (χ0) is 11.0. The van der Waals surface area contributed by atoms with E-state index in [4.69, 9.17) is 10.6 Å². The first-order chi connectivity index (χ1) is 6.64. The maximum Gasteiger partial charge on any atom is 0.0817 e. The maximum absolute atomic E-state index is 5.75. The highest BCUT2D eigenvalue weighted by molar-refractivity contribution is 4.88. The van der Waals surface area contributed by atoms with E-state index in [1.54, 1.807) is 0 Å². The Morgan fingerprint density at radius 3 is 2.57 bits per heavy atom. The van der Waals surface area contributed by atoms with Crippen LogP contribution in [0.5, 0.6) is 0 Å². The number of allylic oxidation sites excluding steroid dienone is 1. The monoisotopic (exact) mass is 200 g/mol. The summed E-state index contributed by atoms with van der Waals surface area (Å²) >= 11 is 0. The summed E-state index contributed by atoms with van der Waals surface area (Å²) in [6.45, 7) is 10.7. The van der Waals surface area contributed by atoms with Crippen molar-refractivity contribution in [2.75, 3.05) is 6.61 Å². The van der Waals surface area contributed by atoms with E-state index in [2.05, 4.69) is 25.9 Å². The first-order valence-corrected chi connectivity index (χ1v) is 5.35. The first-order valence-electron chi connectivity index (χ1n) is 5.35. The van der Waals surface area contributed by atoms with Crippen LogP contribution in [0.3, 0.4) is 0 Å². The summed E-state index contributed by atoms with van der Waals surface area (Å²) in [5, 5.41) is 0. The van der Waals surface area contributed by atoms with E-state index >= 15 is 0 Å². The van der Waals surface area contributed by atoms with Crippen LogP contribution in [0, 0.1) is 0 Å². The Labute approximate surface area is 87.7 Å². The second-order valence-corrected chi connectivity index (χ2v) is 3.68. The average Bonchev–Trinajstić information content (AvgIpc) is 2.19. The molecule has 0 saturated carbocycles. The molecule has 0 fully saturated rings. The minimum absolute atomic E-state index is 0.174. The molecule has 3 N–H and O–H groups in total. The van der Waals surface area contributed by atoms with E-state index < -0.39 is 0 Å². The van der Waals surface area contributed by atoms with Gasteiger partial charge in [0, 0.05) is 6.61 Å². The number of hydrogen-bond donors (Lipinski definition) is 2. The number of rotatable bonds is 8. The second-order valence-electron chi connectivity index (χ2n) is 3.68. The van der Waals surface area contributed by atoms with Gasteiger partial charge in [-0.25, -0.2) is 0 Å². The van der Waals surface area contributed by atoms with Gasteiger partial charge in [0.25, 0.3) is 0 Å². The van der Waals surface area contributed by atoms with E-state index in [-0.39, 0.29) is 11.6 Å². The summed E-state index contributed by atoms with van der Waals surface area (Å²) in [6, 6.07) is 0.186. The molecule has 0 aliphatic carbocycles. The number of ether oxygens (including phenoxy) is 1. The molecule has 0 spiro atoms. The van der Waals surface area contributed by atoms with Gasteiger partial charge in [-0.3, -0.25) is 11.3 Å². The Balaban J connectivity index is 4.33. The molecule has 2 atom stereocenters. The van der Waals surface area contributed by atoms with Crippen LogP contribution in [0.25, 0.3) is 0 Å². The maximum atomic E-state index is 5.75. The topological polar surface area (TPSA) is 47.3 Å². The standard InChI is InChI=1S/C11H24N2O/c1-5-8-9-10(13-12)11(4,6-2)14-7-3/h5,10,13H,1,6-9,12H2,2-4H3. The Hall–Kier alpha value is -0.380. The minimum atomic E-state index is -0.174. The highest BCUT2D eigenvalue weighted by atomic mass is 16.5. The SMILES string of the molecule is C=CCCC(NN)C(C)(CC)OCC. The van der Waals surface area contributed by atoms with Crippen molar-refractivity contribution in [3.63, 3.8) is 0 Å². The average molecular weight is 200 g/mol. The smallest absolute Gasteiger partial charge is 0.0817 e. The van der Waals surface area contributed by atoms with Crippen molar-refractivity contribution in [1.82, 2.24) is 5.43 Å². The lowest BCUT2D eigenvalue weighted by atomic mass is 9.90. The predicted molar refractivity (Wildman–Crippen MR) is 60.9 cm³/mol. The molecule has 0 amide bonds. The molecule has 0 rings (SSSR count). The Morgan fingerprint density at radius 1 is 1.57 bits per heavy atom. The van der Waals surface area contributed by atoms with Gasteiger partial charge < -0.3 is 4.74 Å². The van der Waals surface area contributed by atoms with Crippen molar-refractivity contribution >= 4 is 0 Å². The molecule has 0 aliphatic heterocycles. The zero-order valence-electron chi connectivity index (χ0n) is 9.68. The fourth-order valence-electron chi connectivity index (χ4n) is 1.63. The van der Waals surface area contributed by atoms with Crippen molar-refractivity contribution in [3.05, 3.63) is 12.7 Å². The summed E-state index contributed by atoms with van der Waals surface area (Å²) in [4.78, 5) is 0. The molecular weight excluding hydrogens is 176 g/mol. The van der Waals surface area contributed by atoms with Crippen LogP contribution in [-0.4, -0.2) is 18.2 Å². The van der Waals surface area contributed by atoms with Crippen molar-refractivity contribution in [3.8, 4) is 0 Å². The van der Waals surface area contributed by atoms with Crippen molar-refractivity contribution in [2.45, 2.75) is 51.7 Å². The molecule has 0 radical (unpaired) electrons. The number of hydrogen-bond acceptors (Lipinski definition) is 3. The molecule has 0 aromatic heterocycles. The van der Waals surface area contributed by atoms with Crippen LogP contribution in [-0.2, 0) is 4.74 Å². The van der Waals surface area contributed by atoms with Crippen LogP contribution in [0.15, 0.2) is 12.7 Å². The molecule has 2 unspecified atom stereocenters. The van der Waals surface area contributed by atoms with Crippen LogP contribution in [0.2, 0.25) is 0 Å². The summed E-state index contributed by atoms with van der Waals surface area (Å²) in [5.74, 6) is 5.54. The van der Waals surface area contributed by atoms with Crippen molar-refractivity contribution in [1.29, 1.82) is 0 Å². The summed E-state index contributed by atoms with van der Waals surface area (Å²) in [5.41, 5.74) is 2.67. The third kappa shape index (κ3) is 3.78. The minimum Gasteiger partial charge on any atom is -0.374 e. The molecule has 0 heterocycles. The lowest BCUT2D eigenvalue weighted by molar-refractivity contribution is -0.0568. The third-order valence-electron chi connectivity index (χ3n) is 2.77. The van der Waals surface area contributed by atoms with Gasteiger partial charge in [0.05, 0.1) is 11.6 Å². The van der Waals surface area contributed by atoms with Crippen LogP contribution in [0.4, 0.5) is 0 Å². The molecule has 0 aromatic carbocycles. The molecule has 0 aromatic rings. The molecule has 84 valence electrons. The Morgan fingerprint density at radius 2 is 2.21 bits per heavy atom. The van der Waals surface area contributed by atoms with Gasteiger partial charge in [-0.15, -0.1) is 6.58 Å². The fraction of sp³-hybridized carbons (Fsp3) is 0.818. The number of nitrogens with one attached hydrogen (secondary N) is 1. The highest BCUT2D eigenvalue weighted by Gasteiger charge is 2.31. The fourth-order valence-corrected chi connectivity index (χ4v) is 1.63. The van der Waals surface area contributed by atoms with Crippen LogP contribution in [0.1, 0.15) is 40.0 Å². The van der Waals surface area contributed by atoms with Gasteiger partial charge in [-0.2, -0.15) is 0 Å². The quantitative estimate of drug-likeness (QED) is 0.358. The van der Waals surface area contributed by atoms with Crippen molar-refractivity contribution < 1.29 is 4.74 Å². The lowest BCUT2D eigenvalue weighted by Gasteiger charge is -2.36. The largest absolute Gasteiger partial charge is 0.374 e. The van der Waals surface area contributed by atoms with Crippen molar-refractivity contribution in [2.24, 2.45) is 5.84 Å². The van der Waals surface area contributed by atoms with E-state index in [1.165, 1.54) is 0 Å². The predicted octanol–water partition coefficient (Wildman–Crippen LogP) is 1.99. The molecule has 0 saturated heterocycles. The lowest BCUT2D eigenvalue weighted by Crippen LogP contribution is -2.52. The van der Waals surface area contributed by atoms with E-state index in [1.807, 2.05) is 13.0 Å². The third-order valence-corrected chi connectivity index (χ3v) is 2.77.